The average molecular weight is 395 g/mol. The van der Waals surface area contributed by atoms with Crippen molar-refractivity contribution in [1.29, 1.82) is 0 Å². The Labute approximate surface area is 169 Å². The van der Waals surface area contributed by atoms with E-state index in [2.05, 4.69) is 21.7 Å². The summed E-state index contributed by atoms with van der Waals surface area (Å²) in [5.41, 5.74) is 2.69. The number of aryl methyl sites for hydroxylation is 1. The number of fused-ring (bicyclic) bond motifs is 1. The molecule has 3 aromatic rings. The summed E-state index contributed by atoms with van der Waals surface area (Å²) in [6.45, 7) is 8.05. The molecule has 0 spiro atoms. The van der Waals surface area contributed by atoms with Crippen molar-refractivity contribution in [3.05, 3.63) is 48.2 Å². The maximum absolute atomic E-state index is 12.4. The van der Waals surface area contributed by atoms with Crippen LogP contribution in [0.1, 0.15) is 30.2 Å². The Balaban J connectivity index is 1.45. The number of anilines is 1. The fraction of sp³-hybridized carbons (Fsp3) is 0.381. The molecule has 8 heteroatoms. The predicted octanol–water partition coefficient (Wildman–Crippen LogP) is 2.57. The Bertz CT molecular complexity index is 1020. The van der Waals surface area contributed by atoms with Gasteiger partial charge in [0.15, 0.2) is 5.76 Å². The molecule has 1 aliphatic rings. The van der Waals surface area contributed by atoms with Gasteiger partial charge in [0.2, 0.25) is 5.91 Å². The molecule has 4 rings (SSSR count). The molecule has 1 fully saturated rings. The van der Waals surface area contributed by atoms with Crippen LogP contribution in [0.25, 0.3) is 11.0 Å². The van der Waals surface area contributed by atoms with Crippen molar-refractivity contribution in [2.75, 3.05) is 31.5 Å². The van der Waals surface area contributed by atoms with Crippen LogP contribution in [0, 0.1) is 0 Å². The van der Waals surface area contributed by atoms with E-state index in [4.69, 9.17) is 9.40 Å². The van der Waals surface area contributed by atoms with Gasteiger partial charge >= 0.3 is 0 Å². The van der Waals surface area contributed by atoms with Crippen LogP contribution in [0.5, 0.6) is 0 Å². The average Bonchev–Trinajstić information content (AvgIpc) is 3.35. The van der Waals surface area contributed by atoms with Gasteiger partial charge in [-0.3, -0.25) is 14.5 Å². The van der Waals surface area contributed by atoms with Gasteiger partial charge in [0.1, 0.15) is 5.82 Å². The molecular weight excluding hydrogens is 370 g/mol. The SMILES string of the molecule is CCn1c(CN2CCN(C(=O)c3ccco3)CC2)nc2cc(NC(C)=O)ccc21. The molecule has 0 aliphatic carbocycles. The third kappa shape index (κ3) is 4.02. The quantitative estimate of drug-likeness (QED) is 0.718. The minimum Gasteiger partial charge on any atom is -0.459 e. The zero-order valence-electron chi connectivity index (χ0n) is 16.7. The summed E-state index contributed by atoms with van der Waals surface area (Å²) in [4.78, 5) is 32.7. The summed E-state index contributed by atoms with van der Waals surface area (Å²) < 4.78 is 7.43. The highest BCUT2D eigenvalue weighted by atomic mass is 16.3. The maximum atomic E-state index is 12.4. The monoisotopic (exact) mass is 395 g/mol. The van der Waals surface area contributed by atoms with Gasteiger partial charge in [0, 0.05) is 45.3 Å². The maximum Gasteiger partial charge on any atom is 0.289 e. The topological polar surface area (TPSA) is 83.6 Å². The second kappa shape index (κ2) is 8.08. The van der Waals surface area contributed by atoms with Crippen LogP contribution >= 0.6 is 0 Å². The number of hydrogen-bond acceptors (Lipinski definition) is 5. The molecule has 0 unspecified atom stereocenters. The normalized spacial score (nSPS) is 15.0. The molecule has 2 amide bonds. The van der Waals surface area contributed by atoms with E-state index in [1.165, 1.54) is 13.2 Å². The molecule has 29 heavy (non-hydrogen) atoms. The van der Waals surface area contributed by atoms with Gasteiger partial charge in [-0.2, -0.15) is 0 Å². The lowest BCUT2D eigenvalue weighted by Gasteiger charge is -2.34. The van der Waals surface area contributed by atoms with Crippen LogP contribution in [-0.2, 0) is 17.9 Å². The zero-order chi connectivity index (χ0) is 20.4. The van der Waals surface area contributed by atoms with Crippen LogP contribution < -0.4 is 5.32 Å². The van der Waals surface area contributed by atoms with Crippen LogP contribution in [0.15, 0.2) is 41.0 Å². The third-order valence-corrected chi connectivity index (χ3v) is 5.22. The molecule has 0 radical (unpaired) electrons. The first-order chi connectivity index (χ1) is 14.0. The number of benzene rings is 1. The predicted molar refractivity (Wildman–Crippen MR) is 110 cm³/mol. The summed E-state index contributed by atoms with van der Waals surface area (Å²) in [6.07, 6.45) is 1.52. The van der Waals surface area contributed by atoms with Crippen molar-refractivity contribution in [2.24, 2.45) is 0 Å². The number of piperazine rings is 1. The van der Waals surface area contributed by atoms with Crippen molar-refractivity contribution in [3.8, 4) is 0 Å². The van der Waals surface area contributed by atoms with Crippen LogP contribution in [-0.4, -0.2) is 57.3 Å². The van der Waals surface area contributed by atoms with Gasteiger partial charge < -0.3 is 19.2 Å². The smallest absolute Gasteiger partial charge is 0.289 e. The number of aromatic nitrogens is 2. The molecule has 1 aromatic carbocycles. The number of hydrogen-bond donors (Lipinski definition) is 1. The largest absolute Gasteiger partial charge is 0.459 e. The minimum atomic E-state index is -0.0959. The fourth-order valence-corrected chi connectivity index (χ4v) is 3.80. The second-order valence-corrected chi connectivity index (χ2v) is 7.20. The van der Waals surface area contributed by atoms with Crippen LogP contribution in [0.3, 0.4) is 0 Å². The molecule has 0 saturated carbocycles. The van der Waals surface area contributed by atoms with Crippen molar-refractivity contribution in [3.63, 3.8) is 0 Å². The lowest BCUT2D eigenvalue weighted by molar-refractivity contribution is -0.114. The first-order valence-corrected chi connectivity index (χ1v) is 9.87. The Hall–Kier alpha value is -3.13. The van der Waals surface area contributed by atoms with E-state index >= 15 is 0 Å². The third-order valence-electron chi connectivity index (χ3n) is 5.22. The number of amides is 2. The number of nitrogens with one attached hydrogen (secondary N) is 1. The second-order valence-electron chi connectivity index (χ2n) is 7.20. The number of nitrogens with zero attached hydrogens (tertiary/aromatic N) is 4. The zero-order valence-corrected chi connectivity index (χ0v) is 16.7. The number of rotatable bonds is 5. The molecule has 8 nitrogen and oxygen atoms in total. The Morgan fingerprint density at radius 3 is 2.62 bits per heavy atom. The highest BCUT2D eigenvalue weighted by Gasteiger charge is 2.24. The molecule has 2 aromatic heterocycles. The van der Waals surface area contributed by atoms with Gasteiger partial charge in [0.25, 0.3) is 5.91 Å². The van der Waals surface area contributed by atoms with E-state index in [0.717, 1.165) is 48.7 Å². The number of furan rings is 1. The van der Waals surface area contributed by atoms with Gasteiger partial charge in [-0.05, 0) is 37.3 Å². The number of imidazole rings is 1. The van der Waals surface area contributed by atoms with Crippen molar-refractivity contribution >= 4 is 28.5 Å². The van der Waals surface area contributed by atoms with Gasteiger partial charge in [-0.25, -0.2) is 4.98 Å². The first-order valence-electron chi connectivity index (χ1n) is 9.87. The first kappa shape index (κ1) is 19.2. The molecule has 1 aliphatic heterocycles. The van der Waals surface area contributed by atoms with E-state index < -0.39 is 0 Å². The molecule has 152 valence electrons. The van der Waals surface area contributed by atoms with Crippen LogP contribution in [0.2, 0.25) is 0 Å². The van der Waals surface area contributed by atoms with E-state index in [1.807, 2.05) is 23.1 Å². The summed E-state index contributed by atoms with van der Waals surface area (Å²) in [5, 5.41) is 2.81. The van der Waals surface area contributed by atoms with Crippen molar-refractivity contribution in [2.45, 2.75) is 26.9 Å². The molecule has 0 atom stereocenters. The van der Waals surface area contributed by atoms with Gasteiger partial charge in [0.05, 0.1) is 23.8 Å². The van der Waals surface area contributed by atoms with Crippen molar-refractivity contribution < 1.29 is 14.0 Å². The standard InChI is InChI=1S/C21H25N5O3/c1-3-26-18-7-6-16(22-15(2)27)13-17(18)23-20(26)14-24-8-10-25(11-9-24)21(28)19-5-4-12-29-19/h4-7,12-13H,3,8-11,14H2,1-2H3,(H,22,27). The summed E-state index contributed by atoms with van der Waals surface area (Å²) >= 11 is 0. The summed E-state index contributed by atoms with van der Waals surface area (Å²) in [7, 11) is 0. The highest BCUT2D eigenvalue weighted by Crippen LogP contribution is 2.22. The van der Waals surface area contributed by atoms with E-state index in [-0.39, 0.29) is 11.8 Å². The summed E-state index contributed by atoms with van der Waals surface area (Å²) in [6, 6.07) is 9.25. The van der Waals surface area contributed by atoms with E-state index in [0.29, 0.717) is 18.8 Å². The minimum absolute atomic E-state index is 0.0547. The molecule has 0 bridgehead atoms. The van der Waals surface area contributed by atoms with E-state index in [1.54, 1.807) is 12.1 Å². The lowest BCUT2D eigenvalue weighted by Crippen LogP contribution is -2.48. The molecule has 1 N–H and O–H groups in total. The summed E-state index contributed by atoms with van der Waals surface area (Å²) in [5.74, 6) is 1.23. The molecular formula is C21H25N5O3. The fourth-order valence-electron chi connectivity index (χ4n) is 3.80. The molecule has 1 saturated heterocycles. The van der Waals surface area contributed by atoms with Gasteiger partial charge in [-0.1, -0.05) is 0 Å². The Morgan fingerprint density at radius 2 is 1.97 bits per heavy atom. The number of carbonyl (C=O) groups is 2. The molecule has 3 heterocycles. The highest BCUT2D eigenvalue weighted by molar-refractivity contribution is 5.92. The van der Waals surface area contributed by atoms with Crippen LogP contribution in [0.4, 0.5) is 5.69 Å². The Morgan fingerprint density at radius 1 is 1.17 bits per heavy atom. The van der Waals surface area contributed by atoms with Gasteiger partial charge in [-0.15, -0.1) is 0 Å². The Kier molecular flexibility index (Phi) is 5.35. The van der Waals surface area contributed by atoms with Crippen molar-refractivity contribution in [1.82, 2.24) is 19.4 Å². The number of carbonyl (C=O) groups excluding carboxylic acids is 2. The lowest BCUT2D eigenvalue weighted by atomic mass is 10.2. The van der Waals surface area contributed by atoms with E-state index in [9.17, 15) is 9.59 Å².